The van der Waals surface area contributed by atoms with Gasteiger partial charge in [0.2, 0.25) is 0 Å². The molecule has 0 spiro atoms. The van der Waals surface area contributed by atoms with Crippen molar-refractivity contribution in [1.29, 1.82) is 5.26 Å². The quantitative estimate of drug-likeness (QED) is 0.819. The molecule has 1 fully saturated rings. The van der Waals surface area contributed by atoms with Crippen molar-refractivity contribution in [2.24, 2.45) is 0 Å². The molecule has 1 aromatic rings. The first-order valence-electron chi connectivity index (χ1n) is 5.63. The molecule has 0 heterocycles. The highest BCUT2D eigenvalue weighted by atomic mass is 16.5. The molecule has 3 heteroatoms. The summed E-state index contributed by atoms with van der Waals surface area (Å²) in [5, 5.41) is 12.2. The van der Waals surface area contributed by atoms with Crippen LogP contribution >= 0.6 is 0 Å². The lowest BCUT2D eigenvalue weighted by Crippen LogP contribution is -2.34. The van der Waals surface area contributed by atoms with Gasteiger partial charge in [-0.05, 0) is 31.4 Å². The predicted molar refractivity (Wildman–Crippen MR) is 62.2 cm³/mol. The number of rotatable bonds is 5. The standard InChI is InChI=1S/C13H16N2O/c1-10-4-2-3-5-13(10)16-9-12(8-14)15-11-6-7-11/h2-5,11-12,15H,6-7,9H2,1H3. The number of hydrogen-bond donors (Lipinski definition) is 1. The van der Waals surface area contributed by atoms with E-state index in [1.165, 1.54) is 12.8 Å². The minimum Gasteiger partial charge on any atom is -0.491 e. The molecule has 3 nitrogen and oxygen atoms in total. The van der Waals surface area contributed by atoms with Gasteiger partial charge < -0.3 is 4.74 Å². The zero-order valence-electron chi connectivity index (χ0n) is 9.44. The number of nitriles is 1. The van der Waals surface area contributed by atoms with E-state index < -0.39 is 0 Å². The number of benzene rings is 1. The van der Waals surface area contributed by atoms with Gasteiger partial charge in [0.1, 0.15) is 18.4 Å². The summed E-state index contributed by atoms with van der Waals surface area (Å²) in [4.78, 5) is 0. The first kappa shape index (κ1) is 11.0. The van der Waals surface area contributed by atoms with Gasteiger partial charge in [0, 0.05) is 6.04 Å². The van der Waals surface area contributed by atoms with E-state index in [0.717, 1.165) is 11.3 Å². The number of nitrogens with one attached hydrogen (secondary N) is 1. The lowest BCUT2D eigenvalue weighted by Gasteiger charge is -2.13. The van der Waals surface area contributed by atoms with E-state index in [2.05, 4.69) is 11.4 Å². The van der Waals surface area contributed by atoms with Crippen LogP contribution < -0.4 is 10.1 Å². The Morgan fingerprint density at radius 1 is 1.50 bits per heavy atom. The van der Waals surface area contributed by atoms with Crippen molar-refractivity contribution in [3.05, 3.63) is 29.8 Å². The Kier molecular flexibility index (Phi) is 3.43. The summed E-state index contributed by atoms with van der Waals surface area (Å²) < 4.78 is 5.63. The fourth-order valence-electron chi connectivity index (χ4n) is 1.55. The average molecular weight is 216 g/mol. The first-order chi connectivity index (χ1) is 7.79. The predicted octanol–water partition coefficient (Wildman–Crippen LogP) is 2.02. The van der Waals surface area contributed by atoms with Gasteiger partial charge in [-0.2, -0.15) is 5.26 Å². The first-order valence-corrected chi connectivity index (χ1v) is 5.63. The van der Waals surface area contributed by atoms with Crippen LogP contribution in [0.1, 0.15) is 18.4 Å². The van der Waals surface area contributed by atoms with Crippen molar-refractivity contribution in [2.75, 3.05) is 6.61 Å². The highest BCUT2D eigenvalue weighted by molar-refractivity contribution is 5.31. The van der Waals surface area contributed by atoms with E-state index >= 15 is 0 Å². The van der Waals surface area contributed by atoms with Crippen LogP contribution in [0.4, 0.5) is 0 Å². The van der Waals surface area contributed by atoms with Crippen LogP contribution in [0.25, 0.3) is 0 Å². The average Bonchev–Trinajstić information content (AvgIpc) is 3.10. The number of aryl methyl sites for hydroxylation is 1. The number of hydrogen-bond acceptors (Lipinski definition) is 3. The lowest BCUT2D eigenvalue weighted by atomic mass is 10.2. The molecule has 1 aliphatic carbocycles. The van der Waals surface area contributed by atoms with E-state index in [1.54, 1.807) is 0 Å². The van der Waals surface area contributed by atoms with Crippen LogP contribution in [0, 0.1) is 18.3 Å². The van der Waals surface area contributed by atoms with E-state index in [1.807, 2.05) is 31.2 Å². The fourth-order valence-corrected chi connectivity index (χ4v) is 1.55. The van der Waals surface area contributed by atoms with Crippen molar-refractivity contribution in [3.8, 4) is 11.8 Å². The molecule has 0 aromatic heterocycles. The van der Waals surface area contributed by atoms with Gasteiger partial charge in [-0.25, -0.2) is 0 Å². The Morgan fingerprint density at radius 3 is 2.88 bits per heavy atom. The van der Waals surface area contributed by atoms with Crippen molar-refractivity contribution < 1.29 is 4.74 Å². The maximum absolute atomic E-state index is 8.96. The van der Waals surface area contributed by atoms with Crippen LogP contribution in [-0.2, 0) is 0 Å². The summed E-state index contributed by atoms with van der Waals surface area (Å²) in [5.41, 5.74) is 1.10. The zero-order valence-corrected chi connectivity index (χ0v) is 9.44. The number of para-hydroxylation sites is 1. The van der Waals surface area contributed by atoms with Crippen LogP contribution in [0.15, 0.2) is 24.3 Å². The van der Waals surface area contributed by atoms with Gasteiger partial charge >= 0.3 is 0 Å². The van der Waals surface area contributed by atoms with E-state index in [9.17, 15) is 0 Å². The highest BCUT2D eigenvalue weighted by Gasteiger charge is 2.24. The summed E-state index contributed by atoms with van der Waals surface area (Å²) in [5.74, 6) is 0.861. The second-order valence-corrected chi connectivity index (χ2v) is 4.20. The Labute approximate surface area is 96.0 Å². The largest absolute Gasteiger partial charge is 0.491 e. The number of nitrogens with zero attached hydrogens (tertiary/aromatic N) is 1. The lowest BCUT2D eigenvalue weighted by molar-refractivity contribution is 0.286. The van der Waals surface area contributed by atoms with Gasteiger partial charge in [0.05, 0.1) is 6.07 Å². The fraction of sp³-hybridized carbons (Fsp3) is 0.462. The van der Waals surface area contributed by atoms with E-state index in [4.69, 9.17) is 10.00 Å². The molecule has 1 unspecified atom stereocenters. The summed E-state index contributed by atoms with van der Waals surface area (Å²) in [6.45, 7) is 2.42. The third kappa shape index (κ3) is 2.98. The Bertz CT molecular complexity index is 393. The molecule has 1 aromatic carbocycles. The summed E-state index contributed by atoms with van der Waals surface area (Å²) >= 11 is 0. The molecule has 1 N–H and O–H groups in total. The van der Waals surface area contributed by atoms with Crippen LogP contribution in [-0.4, -0.2) is 18.7 Å². The molecule has 0 aliphatic heterocycles. The molecule has 0 radical (unpaired) electrons. The second kappa shape index (κ2) is 5.00. The topological polar surface area (TPSA) is 45.0 Å². The molecule has 2 rings (SSSR count). The Hall–Kier alpha value is -1.53. The minimum absolute atomic E-state index is 0.202. The highest BCUT2D eigenvalue weighted by Crippen LogP contribution is 2.20. The second-order valence-electron chi connectivity index (χ2n) is 4.20. The third-order valence-corrected chi connectivity index (χ3v) is 2.67. The summed E-state index contributed by atoms with van der Waals surface area (Å²) in [6.07, 6.45) is 2.37. The molecular weight excluding hydrogens is 200 g/mol. The Balaban J connectivity index is 1.85. The third-order valence-electron chi connectivity index (χ3n) is 2.67. The molecule has 0 bridgehead atoms. The summed E-state index contributed by atoms with van der Waals surface area (Å²) in [6, 6.07) is 10.4. The molecule has 1 saturated carbocycles. The Morgan fingerprint density at radius 2 is 2.25 bits per heavy atom. The van der Waals surface area contributed by atoms with Crippen molar-refractivity contribution >= 4 is 0 Å². The van der Waals surface area contributed by atoms with Crippen LogP contribution in [0.5, 0.6) is 5.75 Å². The molecule has 0 saturated heterocycles. The van der Waals surface area contributed by atoms with Crippen LogP contribution in [0.2, 0.25) is 0 Å². The summed E-state index contributed by atoms with van der Waals surface area (Å²) in [7, 11) is 0. The molecule has 1 aliphatic rings. The van der Waals surface area contributed by atoms with E-state index in [-0.39, 0.29) is 6.04 Å². The normalized spacial score (nSPS) is 16.5. The van der Waals surface area contributed by atoms with Crippen LogP contribution in [0.3, 0.4) is 0 Å². The van der Waals surface area contributed by atoms with Crippen molar-refractivity contribution in [3.63, 3.8) is 0 Å². The van der Waals surface area contributed by atoms with Crippen molar-refractivity contribution in [1.82, 2.24) is 5.32 Å². The number of ether oxygens (including phenoxy) is 1. The van der Waals surface area contributed by atoms with Gasteiger partial charge in [-0.1, -0.05) is 18.2 Å². The van der Waals surface area contributed by atoms with Gasteiger partial charge in [0.15, 0.2) is 0 Å². The zero-order chi connectivity index (χ0) is 11.4. The van der Waals surface area contributed by atoms with Gasteiger partial charge in [-0.15, -0.1) is 0 Å². The minimum atomic E-state index is -0.202. The molecule has 16 heavy (non-hydrogen) atoms. The maximum Gasteiger partial charge on any atom is 0.130 e. The SMILES string of the molecule is Cc1ccccc1OCC(C#N)NC1CC1. The van der Waals surface area contributed by atoms with Gasteiger partial charge in [-0.3, -0.25) is 5.32 Å². The molecule has 0 amide bonds. The van der Waals surface area contributed by atoms with Gasteiger partial charge in [0.25, 0.3) is 0 Å². The molecule has 1 atom stereocenters. The molecule has 84 valence electrons. The van der Waals surface area contributed by atoms with Crippen molar-refractivity contribution in [2.45, 2.75) is 31.8 Å². The molecular formula is C13H16N2O. The van der Waals surface area contributed by atoms with E-state index in [0.29, 0.717) is 12.6 Å². The monoisotopic (exact) mass is 216 g/mol. The smallest absolute Gasteiger partial charge is 0.130 e. The maximum atomic E-state index is 8.96.